The van der Waals surface area contributed by atoms with E-state index in [1.165, 1.54) is 77.0 Å². The number of carbonyl (C=O) groups excluding carboxylic acids is 1. The van der Waals surface area contributed by atoms with Crippen molar-refractivity contribution in [2.24, 2.45) is 0 Å². The third kappa shape index (κ3) is 30.8. The van der Waals surface area contributed by atoms with Gasteiger partial charge in [0.1, 0.15) is 13.2 Å². The molecule has 0 aliphatic heterocycles. The van der Waals surface area contributed by atoms with Gasteiger partial charge in [0.25, 0.3) is 0 Å². The number of hydrogen-bond donors (Lipinski definition) is 2. The second kappa shape index (κ2) is 30.0. The van der Waals surface area contributed by atoms with Gasteiger partial charge in [0.2, 0.25) is 5.91 Å². The van der Waals surface area contributed by atoms with Crippen molar-refractivity contribution in [3.63, 3.8) is 0 Å². The van der Waals surface area contributed by atoms with E-state index >= 15 is 0 Å². The monoisotopic (exact) mass is 519 g/mol. The van der Waals surface area contributed by atoms with Crippen molar-refractivity contribution in [3.8, 4) is 0 Å². The Hall–Kier alpha value is -1.26. The average molecular weight is 520 g/mol. The third-order valence-electron chi connectivity index (χ3n) is 5.54. The second-order valence-electron chi connectivity index (χ2n) is 8.93. The zero-order valence-electron chi connectivity index (χ0n) is 22.8. The molecule has 1 amide bonds. The van der Waals surface area contributed by atoms with Gasteiger partial charge in [-0.15, -0.1) is 0 Å². The molecule has 0 heterocycles. The molecule has 0 saturated heterocycles. The topological polar surface area (TPSA) is 113 Å². The van der Waals surface area contributed by atoms with Gasteiger partial charge in [0.05, 0.1) is 46.2 Å². The van der Waals surface area contributed by atoms with Gasteiger partial charge >= 0.3 is 5.97 Å². The van der Waals surface area contributed by atoms with E-state index < -0.39 is 12.6 Å². The summed E-state index contributed by atoms with van der Waals surface area (Å²) in [4.78, 5) is 21.6. The van der Waals surface area contributed by atoms with Crippen LogP contribution in [0.15, 0.2) is 0 Å². The number of carboxylic acid groups (broad SMARTS) is 1. The van der Waals surface area contributed by atoms with Crippen molar-refractivity contribution in [1.82, 2.24) is 5.32 Å². The van der Waals surface area contributed by atoms with Gasteiger partial charge in [-0.25, -0.2) is 4.79 Å². The van der Waals surface area contributed by atoms with E-state index in [0.29, 0.717) is 52.8 Å². The number of nitrogens with one attached hydrogen (secondary N) is 1. The summed E-state index contributed by atoms with van der Waals surface area (Å²) in [6.07, 6.45) is 17.6. The van der Waals surface area contributed by atoms with E-state index in [1.807, 2.05) is 0 Å². The molecule has 0 aromatic heterocycles. The molecule has 0 saturated carbocycles. The molecular formula is C27H53NO8. The van der Waals surface area contributed by atoms with Crippen molar-refractivity contribution in [3.05, 3.63) is 0 Å². The SMILES string of the molecule is CCCCCCCCCCCCCCCOCCOCCOCCOCCNC(=O)COCC(=O)O. The van der Waals surface area contributed by atoms with Crippen molar-refractivity contribution in [2.75, 3.05) is 72.6 Å². The molecular weight excluding hydrogens is 466 g/mol. The van der Waals surface area contributed by atoms with Crippen LogP contribution in [0.2, 0.25) is 0 Å². The predicted octanol–water partition coefficient (Wildman–Crippen LogP) is 4.36. The van der Waals surface area contributed by atoms with Crippen LogP contribution in [-0.4, -0.2) is 89.6 Å². The van der Waals surface area contributed by atoms with Crippen molar-refractivity contribution < 1.29 is 38.4 Å². The predicted molar refractivity (Wildman–Crippen MR) is 140 cm³/mol. The maximum atomic E-state index is 11.3. The second-order valence-corrected chi connectivity index (χ2v) is 8.93. The molecule has 0 spiro atoms. The number of hydrogen-bond acceptors (Lipinski definition) is 7. The van der Waals surface area contributed by atoms with E-state index in [9.17, 15) is 9.59 Å². The Kier molecular flexibility index (Phi) is 28.9. The number of unbranched alkanes of at least 4 members (excludes halogenated alkanes) is 12. The largest absolute Gasteiger partial charge is 0.480 e. The average Bonchev–Trinajstić information content (AvgIpc) is 2.86. The molecule has 0 aliphatic rings. The van der Waals surface area contributed by atoms with Crippen LogP contribution in [0.3, 0.4) is 0 Å². The maximum Gasteiger partial charge on any atom is 0.329 e. The maximum absolute atomic E-state index is 11.3. The highest BCUT2D eigenvalue weighted by Gasteiger charge is 2.03. The minimum absolute atomic E-state index is 0.278. The number of aliphatic carboxylic acids is 1. The number of carbonyl (C=O) groups is 2. The number of amides is 1. The summed E-state index contributed by atoms with van der Waals surface area (Å²) in [6, 6.07) is 0. The Balaban J connectivity index is 3.09. The first kappa shape index (κ1) is 34.7. The Labute approximate surface area is 218 Å². The van der Waals surface area contributed by atoms with Crippen LogP contribution in [0.5, 0.6) is 0 Å². The molecule has 0 fully saturated rings. The Bertz CT molecular complexity index is 479. The molecule has 0 radical (unpaired) electrons. The molecule has 0 aliphatic carbocycles. The van der Waals surface area contributed by atoms with E-state index in [2.05, 4.69) is 17.0 Å². The molecule has 0 aromatic rings. The standard InChI is InChI=1S/C27H53NO8/c1-2-3-4-5-6-7-8-9-10-11-12-13-14-16-32-18-20-34-22-23-35-21-19-33-17-15-28-26(29)24-36-25-27(30)31/h2-25H2,1H3,(H,28,29)(H,30,31). The molecule has 36 heavy (non-hydrogen) atoms. The van der Waals surface area contributed by atoms with Crippen LogP contribution < -0.4 is 5.32 Å². The number of rotatable bonds is 30. The van der Waals surface area contributed by atoms with Gasteiger partial charge in [0.15, 0.2) is 0 Å². The molecule has 0 aromatic carbocycles. The van der Waals surface area contributed by atoms with Crippen LogP contribution in [0.1, 0.15) is 90.4 Å². The Morgan fingerprint density at radius 1 is 0.528 bits per heavy atom. The summed E-state index contributed by atoms with van der Waals surface area (Å²) in [5.41, 5.74) is 0. The van der Waals surface area contributed by atoms with Gasteiger partial charge in [0, 0.05) is 13.2 Å². The van der Waals surface area contributed by atoms with Gasteiger partial charge in [-0.1, -0.05) is 84.0 Å². The molecule has 0 unspecified atom stereocenters. The van der Waals surface area contributed by atoms with E-state index in [0.717, 1.165) is 13.0 Å². The fraction of sp³-hybridized carbons (Fsp3) is 0.926. The normalized spacial score (nSPS) is 11.1. The lowest BCUT2D eigenvalue weighted by Gasteiger charge is -2.08. The fourth-order valence-corrected chi connectivity index (χ4v) is 3.53. The van der Waals surface area contributed by atoms with E-state index in [-0.39, 0.29) is 12.5 Å². The van der Waals surface area contributed by atoms with Gasteiger partial charge < -0.3 is 34.1 Å². The minimum Gasteiger partial charge on any atom is -0.480 e. The zero-order valence-corrected chi connectivity index (χ0v) is 22.8. The lowest BCUT2D eigenvalue weighted by molar-refractivity contribution is -0.143. The van der Waals surface area contributed by atoms with E-state index in [1.54, 1.807) is 0 Å². The molecule has 0 atom stereocenters. The van der Waals surface area contributed by atoms with Crippen LogP contribution in [0.4, 0.5) is 0 Å². The Morgan fingerprint density at radius 3 is 1.42 bits per heavy atom. The summed E-state index contributed by atoms with van der Waals surface area (Å²) in [5, 5.41) is 11.0. The lowest BCUT2D eigenvalue weighted by atomic mass is 10.0. The first-order chi connectivity index (χ1) is 17.7. The van der Waals surface area contributed by atoms with Crippen LogP contribution in [0.25, 0.3) is 0 Å². The highest BCUT2D eigenvalue weighted by Crippen LogP contribution is 2.12. The summed E-state index contributed by atoms with van der Waals surface area (Å²) in [5.74, 6) is -1.48. The fourth-order valence-electron chi connectivity index (χ4n) is 3.53. The van der Waals surface area contributed by atoms with Crippen molar-refractivity contribution >= 4 is 11.9 Å². The molecule has 0 bridgehead atoms. The smallest absolute Gasteiger partial charge is 0.329 e. The minimum atomic E-state index is -1.11. The molecule has 9 nitrogen and oxygen atoms in total. The third-order valence-corrected chi connectivity index (χ3v) is 5.54. The highest BCUT2D eigenvalue weighted by atomic mass is 16.6. The Morgan fingerprint density at radius 2 is 0.944 bits per heavy atom. The number of ether oxygens (including phenoxy) is 5. The zero-order chi connectivity index (χ0) is 26.4. The summed E-state index contributed by atoms with van der Waals surface area (Å²) < 4.78 is 26.5. The van der Waals surface area contributed by atoms with E-state index in [4.69, 9.17) is 24.1 Å². The summed E-state index contributed by atoms with van der Waals surface area (Å²) >= 11 is 0. The molecule has 2 N–H and O–H groups in total. The summed E-state index contributed by atoms with van der Waals surface area (Å²) in [7, 11) is 0. The molecule has 9 heteroatoms. The molecule has 214 valence electrons. The first-order valence-electron chi connectivity index (χ1n) is 14.0. The van der Waals surface area contributed by atoms with Crippen LogP contribution >= 0.6 is 0 Å². The van der Waals surface area contributed by atoms with Crippen LogP contribution in [-0.2, 0) is 33.3 Å². The van der Waals surface area contributed by atoms with Crippen LogP contribution in [0, 0.1) is 0 Å². The number of carboxylic acids is 1. The van der Waals surface area contributed by atoms with Crippen molar-refractivity contribution in [2.45, 2.75) is 90.4 Å². The lowest BCUT2D eigenvalue weighted by Crippen LogP contribution is -2.31. The van der Waals surface area contributed by atoms with Gasteiger partial charge in [-0.05, 0) is 6.42 Å². The van der Waals surface area contributed by atoms with Crippen molar-refractivity contribution in [1.29, 1.82) is 0 Å². The quantitative estimate of drug-likeness (QED) is 0.135. The molecule has 0 rings (SSSR count). The van der Waals surface area contributed by atoms with Gasteiger partial charge in [-0.3, -0.25) is 4.79 Å². The first-order valence-corrected chi connectivity index (χ1v) is 14.0. The van der Waals surface area contributed by atoms with Gasteiger partial charge in [-0.2, -0.15) is 0 Å². The summed E-state index contributed by atoms with van der Waals surface area (Å²) in [6.45, 7) is 6.09. The highest BCUT2D eigenvalue weighted by molar-refractivity contribution is 5.77.